The lowest BCUT2D eigenvalue weighted by Crippen LogP contribution is -2.04. The molecule has 0 bridgehead atoms. The molecule has 0 spiro atoms. The van der Waals surface area contributed by atoms with Gasteiger partial charge in [-0.15, -0.1) is 0 Å². The lowest BCUT2D eigenvalue weighted by molar-refractivity contribution is 0.184. The Morgan fingerprint density at radius 2 is 2.20 bits per heavy atom. The molecule has 1 aromatic rings. The van der Waals surface area contributed by atoms with E-state index in [0.717, 1.165) is 17.4 Å². The number of hydrogen-bond acceptors (Lipinski definition) is 2. The topological polar surface area (TPSA) is 35.2 Å². The maximum atomic E-state index is 5.55. The van der Waals surface area contributed by atoms with Crippen LogP contribution in [-0.2, 0) is 11.3 Å². The molecule has 1 unspecified atom stereocenters. The second kappa shape index (κ2) is 6.26. The second-order valence-electron chi connectivity index (χ2n) is 3.76. The Balaban J connectivity index is 2.81. The predicted octanol–water partition coefficient (Wildman–Crippen LogP) is 3.05. The first-order chi connectivity index (χ1) is 7.19. The minimum absolute atomic E-state index is 0.517. The molecule has 0 amide bonds. The van der Waals surface area contributed by atoms with Crippen LogP contribution < -0.4 is 5.73 Å². The summed E-state index contributed by atoms with van der Waals surface area (Å²) in [5.74, 6) is 0.517. The molecular weight excluding hydrogens is 254 g/mol. The molecule has 84 valence electrons. The van der Waals surface area contributed by atoms with Crippen molar-refractivity contribution in [3.63, 3.8) is 0 Å². The van der Waals surface area contributed by atoms with Gasteiger partial charge in [0.1, 0.15) is 0 Å². The van der Waals surface area contributed by atoms with Gasteiger partial charge in [-0.2, -0.15) is 0 Å². The largest absolute Gasteiger partial charge is 0.380 e. The number of rotatable bonds is 5. The quantitative estimate of drug-likeness (QED) is 0.894. The summed E-state index contributed by atoms with van der Waals surface area (Å²) in [6, 6.07) is 6.42. The fourth-order valence-corrected chi connectivity index (χ4v) is 2.07. The molecule has 1 rings (SSSR count). The van der Waals surface area contributed by atoms with Crippen LogP contribution in [0.4, 0.5) is 0 Å². The number of benzene rings is 1. The number of methoxy groups -OCH3 is 1. The van der Waals surface area contributed by atoms with E-state index >= 15 is 0 Å². The smallest absolute Gasteiger partial charge is 0.0724 e. The van der Waals surface area contributed by atoms with Crippen molar-refractivity contribution in [2.45, 2.75) is 25.9 Å². The van der Waals surface area contributed by atoms with Gasteiger partial charge in [-0.25, -0.2) is 0 Å². The number of halogens is 1. The third-order valence-corrected chi connectivity index (χ3v) is 3.28. The molecule has 0 aliphatic carbocycles. The highest BCUT2D eigenvalue weighted by molar-refractivity contribution is 9.10. The summed E-state index contributed by atoms with van der Waals surface area (Å²) in [4.78, 5) is 0. The van der Waals surface area contributed by atoms with Crippen LogP contribution in [0.3, 0.4) is 0 Å². The highest BCUT2D eigenvalue weighted by Crippen LogP contribution is 2.25. The fraction of sp³-hybridized carbons (Fsp3) is 0.500. The van der Waals surface area contributed by atoms with Gasteiger partial charge in [-0.3, -0.25) is 0 Å². The second-order valence-corrected chi connectivity index (χ2v) is 4.62. The van der Waals surface area contributed by atoms with E-state index in [-0.39, 0.29) is 0 Å². The minimum atomic E-state index is 0.517. The maximum absolute atomic E-state index is 5.55. The van der Waals surface area contributed by atoms with Crippen LogP contribution in [0, 0.1) is 0 Å². The summed E-state index contributed by atoms with van der Waals surface area (Å²) >= 11 is 3.56. The molecule has 0 aliphatic rings. The van der Waals surface area contributed by atoms with Gasteiger partial charge in [0.2, 0.25) is 0 Å². The van der Waals surface area contributed by atoms with Crippen LogP contribution >= 0.6 is 15.9 Å². The van der Waals surface area contributed by atoms with E-state index in [1.165, 1.54) is 11.1 Å². The minimum Gasteiger partial charge on any atom is -0.380 e. The van der Waals surface area contributed by atoms with Gasteiger partial charge in [0.25, 0.3) is 0 Å². The van der Waals surface area contributed by atoms with Crippen LogP contribution in [0.5, 0.6) is 0 Å². The predicted molar refractivity (Wildman–Crippen MR) is 66.9 cm³/mol. The van der Waals surface area contributed by atoms with Crippen LogP contribution in [-0.4, -0.2) is 13.7 Å². The van der Waals surface area contributed by atoms with Gasteiger partial charge in [0.15, 0.2) is 0 Å². The summed E-state index contributed by atoms with van der Waals surface area (Å²) in [6.45, 7) is 3.58. The van der Waals surface area contributed by atoms with Crippen LogP contribution in [0.2, 0.25) is 0 Å². The Hall–Kier alpha value is -0.380. The Morgan fingerprint density at radius 3 is 2.73 bits per heavy atom. The summed E-state index contributed by atoms with van der Waals surface area (Å²) < 4.78 is 6.22. The first kappa shape index (κ1) is 12.7. The fourth-order valence-electron chi connectivity index (χ4n) is 1.56. The normalized spacial score (nSPS) is 12.8. The lowest BCUT2D eigenvalue weighted by atomic mass is 9.97. The van der Waals surface area contributed by atoms with E-state index in [0.29, 0.717) is 12.5 Å². The van der Waals surface area contributed by atoms with Crippen molar-refractivity contribution >= 4 is 15.9 Å². The number of nitrogens with two attached hydrogens (primary N) is 1. The van der Waals surface area contributed by atoms with Crippen molar-refractivity contribution in [2.24, 2.45) is 5.73 Å². The molecule has 2 N–H and O–H groups in total. The van der Waals surface area contributed by atoms with Crippen molar-refractivity contribution < 1.29 is 4.74 Å². The molecule has 2 nitrogen and oxygen atoms in total. The maximum Gasteiger partial charge on any atom is 0.0724 e. The van der Waals surface area contributed by atoms with Gasteiger partial charge >= 0.3 is 0 Å². The molecule has 0 heterocycles. The van der Waals surface area contributed by atoms with Gasteiger partial charge in [-0.1, -0.05) is 35.0 Å². The van der Waals surface area contributed by atoms with E-state index in [1.54, 1.807) is 7.11 Å². The summed E-state index contributed by atoms with van der Waals surface area (Å²) in [6.07, 6.45) is 1.02. The zero-order chi connectivity index (χ0) is 11.3. The van der Waals surface area contributed by atoms with E-state index in [2.05, 4.69) is 41.1 Å². The van der Waals surface area contributed by atoms with Crippen molar-refractivity contribution in [3.8, 4) is 0 Å². The molecule has 0 saturated heterocycles. The van der Waals surface area contributed by atoms with Crippen molar-refractivity contribution in [1.82, 2.24) is 0 Å². The number of ether oxygens (including phenoxy) is 1. The Bertz CT molecular complexity index is 314. The first-order valence-electron chi connectivity index (χ1n) is 5.16. The first-order valence-corrected chi connectivity index (χ1v) is 5.95. The molecule has 0 radical (unpaired) electrons. The standard InChI is InChI=1S/C12H18BrNO/c1-9(5-6-14)10-3-4-11(8-15-2)12(13)7-10/h3-4,7,9H,5-6,8,14H2,1-2H3. The van der Waals surface area contributed by atoms with E-state index in [1.807, 2.05) is 0 Å². The van der Waals surface area contributed by atoms with Gasteiger partial charge in [-0.05, 0) is 36.1 Å². The summed E-state index contributed by atoms with van der Waals surface area (Å²) in [5.41, 5.74) is 8.06. The summed E-state index contributed by atoms with van der Waals surface area (Å²) in [5, 5.41) is 0. The average molecular weight is 272 g/mol. The average Bonchev–Trinajstić information content (AvgIpc) is 2.21. The van der Waals surface area contributed by atoms with Crippen LogP contribution in [0.1, 0.15) is 30.4 Å². The lowest BCUT2D eigenvalue weighted by Gasteiger charge is -2.12. The Labute approximate surface area is 99.9 Å². The summed E-state index contributed by atoms with van der Waals surface area (Å²) in [7, 11) is 1.71. The van der Waals surface area contributed by atoms with Gasteiger partial charge in [0, 0.05) is 11.6 Å². The van der Waals surface area contributed by atoms with Crippen molar-refractivity contribution in [1.29, 1.82) is 0 Å². The zero-order valence-corrected chi connectivity index (χ0v) is 10.9. The Kier molecular flexibility index (Phi) is 5.29. The molecule has 3 heteroatoms. The van der Waals surface area contributed by atoms with Crippen molar-refractivity contribution in [3.05, 3.63) is 33.8 Å². The highest BCUT2D eigenvalue weighted by atomic mass is 79.9. The van der Waals surface area contributed by atoms with Crippen LogP contribution in [0.15, 0.2) is 22.7 Å². The van der Waals surface area contributed by atoms with E-state index in [4.69, 9.17) is 10.5 Å². The van der Waals surface area contributed by atoms with Gasteiger partial charge < -0.3 is 10.5 Å². The zero-order valence-electron chi connectivity index (χ0n) is 9.29. The third kappa shape index (κ3) is 3.59. The van der Waals surface area contributed by atoms with Crippen molar-refractivity contribution in [2.75, 3.05) is 13.7 Å². The molecule has 1 atom stereocenters. The molecular formula is C12H18BrNO. The number of hydrogen-bond donors (Lipinski definition) is 1. The third-order valence-electron chi connectivity index (χ3n) is 2.55. The highest BCUT2D eigenvalue weighted by Gasteiger charge is 2.07. The monoisotopic (exact) mass is 271 g/mol. The van der Waals surface area contributed by atoms with Gasteiger partial charge in [0.05, 0.1) is 6.61 Å². The van der Waals surface area contributed by atoms with E-state index in [9.17, 15) is 0 Å². The molecule has 15 heavy (non-hydrogen) atoms. The molecule has 0 saturated carbocycles. The molecule has 1 aromatic carbocycles. The molecule has 0 aliphatic heterocycles. The molecule has 0 aromatic heterocycles. The Morgan fingerprint density at radius 1 is 1.47 bits per heavy atom. The SMILES string of the molecule is COCc1ccc(C(C)CCN)cc1Br. The van der Waals surface area contributed by atoms with E-state index < -0.39 is 0 Å². The van der Waals surface area contributed by atoms with Crippen LogP contribution in [0.25, 0.3) is 0 Å². The molecule has 0 fully saturated rings.